The Morgan fingerprint density at radius 2 is 2.10 bits per heavy atom. The van der Waals surface area contributed by atoms with Crippen LogP contribution in [0, 0.1) is 5.82 Å². The van der Waals surface area contributed by atoms with Gasteiger partial charge in [-0.25, -0.2) is 9.37 Å². The van der Waals surface area contributed by atoms with Crippen LogP contribution in [0.25, 0.3) is 6.08 Å². The zero-order valence-corrected chi connectivity index (χ0v) is 11.8. The van der Waals surface area contributed by atoms with E-state index in [1.807, 2.05) is 0 Å². The van der Waals surface area contributed by atoms with Crippen molar-refractivity contribution in [2.75, 3.05) is 4.90 Å². The number of anilines is 2. The first kappa shape index (κ1) is 14.9. The molecule has 1 heterocycles. The van der Waals surface area contributed by atoms with Crippen molar-refractivity contribution >= 4 is 40.1 Å². The van der Waals surface area contributed by atoms with E-state index in [0.29, 0.717) is 5.69 Å². The molecule has 0 bridgehead atoms. The number of carbonyl (C=O) groups is 2. The number of hydrogen-bond acceptors (Lipinski definition) is 5. The van der Waals surface area contributed by atoms with Crippen molar-refractivity contribution in [2.45, 2.75) is 6.92 Å². The number of nitrogens with zero attached hydrogens (tertiary/aromatic N) is 2. The Hall–Kier alpha value is -2.54. The summed E-state index contributed by atoms with van der Waals surface area (Å²) >= 11 is 1.10. The lowest BCUT2D eigenvalue weighted by Crippen LogP contribution is -2.23. The highest BCUT2D eigenvalue weighted by molar-refractivity contribution is 7.14. The molecule has 0 unspecified atom stereocenters. The first-order valence-electron chi connectivity index (χ1n) is 5.89. The molecule has 5 nitrogen and oxygen atoms in total. The maximum Gasteiger partial charge on any atom is 0.230 e. The minimum atomic E-state index is -1.35. The van der Waals surface area contributed by atoms with Crippen molar-refractivity contribution in [3.8, 4) is 0 Å². The zero-order valence-electron chi connectivity index (χ0n) is 10.9. The summed E-state index contributed by atoms with van der Waals surface area (Å²) in [6.07, 6.45) is 2.08. The molecule has 1 amide bonds. The van der Waals surface area contributed by atoms with Gasteiger partial charge in [0.1, 0.15) is 5.82 Å². The summed E-state index contributed by atoms with van der Waals surface area (Å²) in [5.41, 5.74) is 0.441. The predicted molar refractivity (Wildman–Crippen MR) is 75.4 cm³/mol. The van der Waals surface area contributed by atoms with Crippen LogP contribution in [0.3, 0.4) is 0 Å². The van der Waals surface area contributed by atoms with Crippen molar-refractivity contribution in [3.05, 3.63) is 47.2 Å². The summed E-state index contributed by atoms with van der Waals surface area (Å²) in [6.45, 7) is 1.30. The van der Waals surface area contributed by atoms with Gasteiger partial charge in [-0.3, -0.25) is 9.69 Å². The summed E-state index contributed by atoms with van der Waals surface area (Å²) < 4.78 is 13.8. The van der Waals surface area contributed by atoms with Gasteiger partial charge in [-0.15, -0.1) is 11.3 Å². The highest BCUT2D eigenvalue weighted by Crippen LogP contribution is 2.30. The highest BCUT2D eigenvalue weighted by atomic mass is 32.1. The molecule has 0 radical (unpaired) electrons. The van der Waals surface area contributed by atoms with Crippen LogP contribution in [0.5, 0.6) is 0 Å². The van der Waals surface area contributed by atoms with Gasteiger partial charge in [0.2, 0.25) is 5.91 Å². The van der Waals surface area contributed by atoms with E-state index in [-0.39, 0.29) is 10.8 Å². The Bertz CT molecular complexity index is 712. The van der Waals surface area contributed by atoms with Gasteiger partial charge < -0.3 is 9.90 Å². The average Bonchev–Trinajstić information content (AvgIpc) is 2.87. The number of aliphatic carboxylic acids is 1. The molecule has 1 aromatic heterocycles. The first-order valence-corrected chi connectivity index (χ1v) is 6.77. The van der Waals surface area contributed by atoms with Crippen LogP contribution in [-0.4, -0.2) is 16.9 Å². The van der Waals surface area contributed by atoms with Gasteiger partial charge >= 0.3 is 0 Å². The second-order valence-electron chi connectivity index (χ2n) is 4.01. The van der Waals surface area contributed by atoms with Gasteiger partial charge in [0.25, 0.3) is 0 Å². The van der Waals surface area contributed by atoms with Crippen molar-refractivity contribution < 1.29 is 19.1 Å². The number of amides is 1. The lowest BCUT2D eigenvalue weighted by Gasteiger charge is -2.18. The molecule has 0 spiro atoms. The largest absolute Gasteiger partial charge is 0.545 e. The van der Waals surface area contributed by atoms with E-state index in [0.717, 1.165) is 22.3 Å². The second kappa shape index (κ2) is 6.27. The third-order valence-electron chi connectivity index (χ3n) is 2.50. The molecular weight excluding hydrogens is 295 g/mol. The highest BCUT2D eigenvalue weighted by Gasteiger charge is 2.20. The van der Waals surface area contributed by atoms with E-state index in [1.165, 1.54) is 31.2 Å². The van der Waals surface area contributed by atoms with E-state index in [2.05, 4.69) is 4.98 Å². The molecule has 0 aliphatic rings. The molecule has 7 heteroatoms. The van der Waals surface area contributed by atoms with Crippen molar-refractivity contribution in [3.63, 3.8) is 0 Å². The van der Waals surface area contributed by atoms with E-state index < -0.39 is 17.7 Å². The Morgan fingerprint density at radius 3 is 2.71 bits per heavy atom. The van der Waals surface area contributed by atoms with Crippen LogP contribution in [0.1, 0.15) is 12.6 Å². The van der Waals surface area contributed by atoms with Crippen LogP contribution in [0.2, 0.25) is 0 Å². The average molecular weight is 305 g/mol. The molecule has 2 aromatic rings. The molecule has 21 heavy (non-hydrogen) atoms. The summed E-state index contributed by atoms with van der Waals surface area (Å²) in [7, 11) is 0. The maximum atomic E-state index is 13.8. The molecule has 0 aliphatic carbocycles. The Balaban J connectivity index is 2.39. The fourth-order valence-electron chi connectivity index (χ4n) is 1.65. The third-order valence-corrected chi connectivity index (χ3v) is 3.34. The standard InChI is InChI=1S/C14H11FN2O3S/c1-9(18)17(12-5-3-2-4-11(12)15)14-16-10(8-21-14)6-7-13(19)20/h2-8H,1H3,(H,19,20)/p-1. The summed E-state index contributed by atoms with van der Waals surface area (Å²) in [6, 6.07) is 5.84. The Labute approximate surface area is 124 Å². The predicted octanol–water partition coefficient (Wildman–Crippen LogP) is 1.73. The van der Waals surface area contributed by atoms with Gasteiger partial charge in [-0.05, 0) is 24.3 Å². The van der Waals surface area contributed by atoms with Crippen LogP contribution in [0.15, 0.2) is 35.7 Å². The third kappa shape index (κ3) is 3.51. The molecule has 0 saturated heterocycles. The minimum absolute atomic E-state index is 0.0924. The first-order chi connectivity index (χ1) is 9.99. The number of benzene rings is 1. The van der Waals surface area contributed by atoms with Crippen LogP contribution < -0.4 is 10.0 Å². The lowest BCUT2D eigenvalue weighted by atomic mass is 10.3. The minimum Gasteiger partial charge on any atom is -0.545 e. The van der Waals surface area contributed by atoms with E-state index in [4.69, 9.17) is 0 Å². The number of carbonyl (C=O) groups excluding carboxylic acids is 2. The lowest BCUT2D eigenvalue weighted by molar-refractivity contribution is -0.297. The van der Waals surface area contributed by atoms with Crippen molar-refractivity contribution in [2.24, 2.45) is 0 Å². The SMILES string of the molecule is CC(=O)N(c1nc(C=CC(=O)[O-])cs1)c1ccccc1F. The number of rotatable bonds is 4. The van der Waals surface area contributed by atoms with Crippen molar-refractivity contribution in [1.82, 2.24) is 4.98 Å². The van der Waals surface area contributed by atoms with Gasteiger partial charge in [0.15, 0.2) is 5.13 Å². The van der Waals surface area contributed by atoms with E-state index >= 15 is 0 Å². The van der Waals surface area contributed by atoms with Gasteiger partial charge in [0.05, 0.1) is 17.4 Å². The fourth-order valence-corrected chi connectivity index (χ4v) is 2.50. The number of halogens is 1. The molecular formula is C14H10FN2O3S-. The molecule has 1 aromatic carbocycles. The van der Waals surface area contributed by atoms with Gasteiger partial charge in [0, 0.05) is 12.3 Å². The monoisotopic (exact) mass is 305 g/mol. The van der Waals surface area contributed by atoms with E-state index in [1.54, 1.807) is 11.4 Å². The summed E-state index contributed by atoms with van der Waals surface area (Å²) in [5.74, 6) is -2.29. The van der Waals surface area contributed by atoms with Gasteiger partial charge in [-0.1, -0.05) is 12.1 Å². The number of thiazole rings is 1. The maximum absolute atomic E-state index is 13.8. The number of carboxylic acid groups (broad SMARTS) is 1. The molecule has 0 atom stereocenters. The van der Waals surface area contributed by atoms with Crippen LogP contribution in [-0.2, 0) is 9.59 Å². The molecule has 2 rings (SSSR count). The molecule has 0 N–H and O–H groups in total. The summed E-state index contributed by atoms with van der Waals surface area (Å²) in [4.78, 5) is 27.4. The van der Waals surface area contributed by atoms with E-state index in [9.17, 15) is 19.1 Å². The number of aromatic nitrogens is 1. The number of hydrogen-bond donors (Lipinski definition) is 0. The quantitative estimate of drug-likeness (QED) is 0.806. The molecule has 0 aliphatic heterocycles. The fraction of sp³-hybridized carbons (Fsp3) is 0.0714. The second-order valence-corrected chi connectivity index (χ2v) is 4.85. The summed E-state index contributed by atoms with van der Waals surface area (Å²) in [5, 5.41) is 12.2. The Morgan fingerprint density at radius 1 is 1.38 bits per heavy atom. The normalized spacial score (nSPS) is 10.8. The van der Waals surface area contributed by atoms with Gasteiger partial charge in [-0.2, -0.15) is 0 Å². The zero-order chi connectivity index (χ0) is 15.4. The number of para-hydroxylation sites is 1. The van der Waals surface area contributed by atoms with Crippen LogP contribution >= 0.6 is 11.3 Å². The topological polar surface area (TPSA) is 73.3 Å². The molecule has 0 saturated carbocycles. The smallest absolute Gasteiger partial charge is 0.230 e. The van der Waals surface area contributed by atoms with Crippen molar-refractivity contribution in [1.29, 1.82) is 0 Å². The molecule has 108 valence electrons. The Kier molecular flexibility index (Phi) is 4.44. The van der Waals surface area contributed by atoms with Crippen LogP contribution in [0.4, 0.5) is 15.2 Å². The molecule has 0 fully saturated rings. The number of carboxylic acids is 1.